The van der Waals surface area contributed by atoms with Gasteiger partial charge in [0.05, 0.1) is 34.5 Å². The van der Waals surface area contributed by atoms with Crippen LogP contribution in [0.3, 0.4) is 0 Å². The first-order valence-corrected chi connectivity index (χ1v) is 15.4. The molecule has 0 bridgehead atoms. The second kappa shape index (κ2) is 10.8. The van der Waals surface area contributed by atoms with Crippen LogP contribution in [-0.2, 0) is 22.4 Å². The van der Waals surface area contributed by atoms with E-state index in [0.29, 0.717) is 27.0 Å². The lowest BCUT2D eigenvalue weighted by Gasteiger charge is -2.25. The largest absolute Gasteiger partial charge is 0.466 e. The third-order valence-corrected chi connectivity index (χ3v) is 10.2. The van der Waals surface area contributed by atoms with Crippen molar-refractivity contribution < 1.29 is 9.53 Å². The normalized spacial score (nSPS) is 16.7. The van der Waals surface area contributed by atoms with Gasteiger partial charge < -0.3 is 9.30 Å². The molecule has 3 aromatic heterocycles. The van der Waals surface area contributed by atoms with Gasteiger partial charge in [-0.25, -0.2) is 9.79 Å². The van der Waals surface area contributed by atoms with E-state index in [9.17, 15) is 14.9 Å². The van der Waals surface area contributed by atoms with Gasteiger partial charge in [0.25, 0.3) is 5.56 Å². The second-order valence-electron chi connectivity index (χ2n) is 10.4. The van der Waals surface area contributed by atoms with Crippen LogP contribution in [0, 0.1) is 25.2 Å². The molecule has 0 N–H and O–H groups in total. The minimum Gasteiger partial charge on any atom is -0.466 e. The zero-order valence-electron chi connectivity index (χ0n) is 23.5. The molecule has 1 aliphatic carbocycles. The summed E-state index contributed by atoms with van der Waals surface area (Å²) < 4.78 is 9.47. The summed E-state index contributed by atoms with van der Waals surface area (Å²) in [5.74, 6) is -0.482. The summed E-state index contributed by atoms with van der Waals surface area (Å²) in [5, 5.41) is 11.0. The fourth-order valence-corrected chi connectivity index (χ4v) is 8.49. The number of ether oxygens (including phenoxy) is 1. The summed E-state index contributed by atoms with van der Waals surface area (Å²) in [6.45, 7) is 6.02. The van der Waals surface area contributed by atoms with Gasteiger partial charge in [-0.05, 0) is 74.8 Å². The number of hydrogen-bond acceptors (Lipinski definition) is 7. The van der Waals surface area contributed by atoms with Crippen LogP contribution in [0.4, 0.5) is 0 Å². The van der Waals surface area contributed by atoms with E-state index in [1.54, 1.807) is 15.9 Å². The maximum Gasteiger partial charge on any atom is 0.338 e. The quantitative estimate of drug-likeness (QED) is 0.309. The lowest BCUT2D eigenvalue weighted by atomic mass is 9.95. The predicted octanol–water partition coefficient (Wildman–Crippen LogP) is 5.02. The van der Waals surface area contributed by atoms with E-state index in [4.69, 9.17) is 9.73 Å². The standard InChI is InChI=1S/C32H30N4O3S2/c1-5-24-27(31(38)39-4)28(20-11-7-6-8-12-20)36-29(37)26(41-32(36)34-24)16-21-15-18(2)35(19(21)3)30-23(17-33)22-13-9-10-14-25(22)40-30/h6-8,11-12,15-16,28H,5,9-10,13-14H2,1-4H3/b26-16-/t28-/m0/s1. The number of nitriles is 1. The Hall–Kier alpha value is -4.00. The highest BCUT2D eigenvalue weighted by Gasteiger charge is 2.33. The number of thiazole rings is 1. The molecule has 4 heterocycles. The highest BCUT2D eigenvalue weighted by Crippen LogP contribution is 2.38. The molecule has 1 aromatic carbocycles. The average Bonchev–Trinajstić information content (AvgIpc) is 3.61. The molecule has 7 nitrogen and oxygen atoms in total. The Morgan fingerprint density at radius 3 is 2.66 bits per heavy atom. The highest BCUT2D eigenvalue weighted by atomic mass is 32.1. The number of aromatic nitrogens is 2. The van der Waals surface area contributed by atoms with Crippen molar-refractivity contribution in [3.8, 4) is 11.1 Å². The van der Waals surface area contributed by atoms with Crippen molar-refractivity contribution in [2.75, 3.05) is 7.11 Å². The summed E-state index contributed by atoms with van der Waals surface area (Å²) in [6, 6.07) is 13.5. The molecule has 208 valence electrons. The Bertz CT molecular complexity index is 1950. The number of rotatable bonds is 5. The topological polar surface area (TPSA) is 89.4 Å². The van der Waals surface area contributed by atoms with Crippen molar-refractivity contribution in [3.63, 3.8) is 0 Å². The van der Waals surface area contributed by atoms with Crippen molar-refractivity contribution >= 4 is 34.7 Å². The fraction of sp³-hybridized carbons (Fsp3) is 0.312. The molecule has 0 saturated carbocycles. The van der Waals surface area contributed by atoms with Crippen LogP contribution < -0.4 is 14.9 Å². The first-order valence-electron chi connectivity index (χ1n) is 13.8. The number of carbonyl (C=O) groups is 1. The van der Waals surface area contributed by atoms with Gasteiger partial charge in [-0.15, -0.1) is 11.3 Å². The molecule has 0 radical (unpaired) electrons. The van der Waals surface area contributed by atoms with Crippen molar-refractivity contribution in [2.24, 2.45) is 4.99 Å². The van der Waals surface area contributed by atoms with Gasteiger partial charge in [0.2, 0.25) is 0 Å². The van der Waals surface area contributed by atoms with Crippen LogP contribution in [-0.4, -0.2) is 22.2 Å². The first-order chi connectivity index (χ1) is 19.9. The number of carbonyl (C=O) groups excluding carboxylic acids is 1. The molecular formula is C32H30N4O3S2. The van der Waals surface area contributed by atoms with Crippen LogP contribution >= 0.6 is 22.7 Å². The van der Waals surface area contributed by atoms with Gasteiger partial charge in [0.1, 0.15) is 11.1 Å². The first kappa shape index (κ1) is 27.2. The zero-order chi connectivity index (χ0) is 28.8. The van der Waals surface area contributed by atoms with E-state index in [0.717, 1.165) is 58.8 Å². The van der Waals surface area contributed by atoms with Crippen molar-refractivity contribution in [2.45, 2.75) is 58.9 Å². The highest BCUT2D eigenvalue weighted by molar-refractivity contribution is 7.15. The number of nitrogens with zero attached hydrogens (tertiary/aromatic N) is 4. The van der Waals surface area contributed by atoms with Gasteiger partial charge in [-0.2, -0.15) is 5.26 Å². The Balaban J connectivity index is 1.53. The molecule has 9 heteroatoms. The molecule has 0 saturated heterocycles. The number of methoxy groups -OCH3 is 1. The van der Waals surface area contributed by atoms with Crippen molar-refractivity contribution in [1.82, 2.24) is 9.13 Å². The molecule has 41 heavy (non-hydrogen) atoms. The van der Waals surface area contributed by atoms with Crippen LogP contribution in [0.15, 0.2) is 57.5 Å². The number of hydrogen-bond donors (Lipinski definition) is 0. The third-order valence-electron chi connectivity index (χ3n) is 7.99. The molecule has 1 atom stereocenters. The maximum atomic E-state index is 14.0. The number of fused-ring (bicyclic) bond motifs is 2. The smallest absolute Gasteiger partial charge is 0.338 e. The van der Waals surface area contributed by atoms with Crippen molar-refractivity contribution in [3.05, 3.63) is 106 Å². The maximum absolute atomic E-state index is 14.0. The van der Waals surface area contributed by atoms with E-state index in [1.165, 1.54) is 28.9 Å². The van der Waals surface area contributed by atoms with Crippen LogP contribution in [0.2, 0.25) is 0 Å². The van der Waals surface area contributed by atoms with E-state index in [1.807, 2.05) is 57.2 Å². The SMILES string of the molecule is CCC1=C(C(=O)OC)[C@H](c2ccccc2)n2c(s/c(=C\c3cc(C)n(-c4sc5c(c4C#N)CCCC5)c3C)c2=O)=N1. The summed E-state index contributed by atoms with van der Waals surface area (Å²) in [4.78, 5) is 33.7. The molecule has 0 amide bonds. The van der Waals surface area contributed by atoms with Crippen LogP contribution in [0.5, 0.6) is 0 Å². The van der Waals surface area contributed by atoms with E-state index < -0.39 is 12.0 Å². The lowest BCUT2D eigenvalue weighted by Crippen LogP contribution is -2.40. The number of esters is 1. The molecule has 4 aromatic rings. The third kappa shape index (κ3) is 4.42. The van der Waals surface area contributed by atoms with Gasteiger partial charge in [-0.1, -0.05) is 48.6 Å². The summed E-state index contributed by atoms with van der Waals surface area (Å²) in [7, 11) is 1.35. The van der Waals surface area contributed by atoms with Crippen LogP contribution in [0.25, 0.3) is 11.1 Å². The Kier molecular flexibility index (Phi) is 7.14. The molecule has 0 spiro atoms. The second-order valence-corrected chi connectivity index (χ2v) is 12.5. The zero-order valence-corrected chi connectivity index (χ0v) is 25.1. The fourth-order valence-electron chi connectivity index (χ4n) is 6.03. The molecule has 0 fully saturated rings. The minimum absolute atomic E-state index is 0.201. The molecule has 2 aliphatic rings. The van der Waals surface area contributed by atoms with Crippen molar-refractivity contribution in [1.29, 1.82) is 5.26 Å². The molecule has 6 rings (SSSR count). The van der Waals surface area contributed by atoms with Gasteiger partial charge in [-0.3, -0.25) is 9.36 Å². The average molecular weight is 583 g/mol. The van der Waals surface area contributed by atoms with Gasteiger partial charge in [0, 0.05) is 16.3 Å². The molecular weight excluding hydrogens is 553 g/mol. The summed E-state index contributed by atoms with van der Waals surface area (Å²) in [6.07, 6.45) is 6.71. The minimum atomic E-state index is -0.625. The van der Waals surface area contributed by atoms with E-state index in [2.05, 4.69) is 16.7 Å². The summed E-state index contributed by atoms with van der Waals surface area (Å²) in [5.41, 5.74) is 6.54. The van der Waals surface area contributed by atoms with Gasteiger partial charge >= 0.3 is 5.97 Å². The predicted molar refractivity (Wildman–Crippen MR) is 161 cm³/mol. The van der Waals surface area contributed by atoms with E-state index >= 15 is 0 Å². The number of thiophene rings is 1. The Labute approximate surface area is 246 Å². The molecule has 1 aliphatic heterocycles. The van der Waals surface area contributed by atoms with E-state index in [-0.39, 0.29) is 5.56 Å². The Morgan fingerprint density at radius 2 is 1.95 bits per heavy atom. The van der Waals surface area contributed by atoms with Crippen LogP contribution in [0.1, 0.15) is 70.7 Å². The monoisotopic (exact) mass is 582 g/mol. The number of aryl methyl sites for hydroxylation is 2. The number of benzene rings is 1. The number of allylic oxidation sites excluding steroid dienone is 1. The lowest BCUT2D eigenvalue weighted by molar-refractivity contribution is -0.136. The Morgan fingerprint density at radius 1 is 1.20 bits per heavy atom. The molecule has 0 unspecified atom stereocenters. The van der Waals surface area contributed by atoms with Gasteiger partial charge in [0.15, 0.2) is 4.80 Å². The summed E-state index contributed by atoms with van der Waals surface area (Å²) >= 11 is 3.05.